The van der Waals surface area contributed by atoms with Gasteiger partial charge in [-0.2, -0.15) is 0 Å². The predicted molar refractivity (Wildman–Crippen MR) is 81.0 cm³/mol. The minimum atomic E-state index is -1.26. The first-order valence-corrected chi connectivity index (χ1v) is 7.47. The lowest BCUT2D eigenvalue weighted by molar-refractivity contribution is -0.736. The van der Waals surface area contributed by atoms with E-state index in [1.165, 1.54) is 0 Å². The lowest BCUT2D eigenvalue weighted by Crippen LogP contribution is -2.34. The lowest BCUT2D eigenvalue weighted by atomic mass is 9.89. The van der Waals surface area contributed by atoms with E-state index < -0.39 is 24.0 Å². The first kappa shape index (κ1) is 17.1. The quantitative estimate of drug-likeness (QED) is 0.599. The van der Waals surface area contributed by atoms with Gasteiger partial charge in [-0.05, 0) is 31.5 Å². The highest BCUT2D eigenvalue weighted by molar-refractivity contribution is 6.37. The number of hydrogen-bond acceptors (Lipinski definition) is 6. The highest BCUT2D eigenvalue weighted by Gasteiger charge is 2.50. The van der Waals surface area contributed by atoms with Gasteiger partial charge in [0, 0.05) is 5.02 Å². The number of rotatable bonds is 5. The maximum atomic E-state index is 12.1. The van der Waals surface area contributed by atoms with Crippen molar-refractivity contribution >= 4 is 29.3 Å². The van der Waals surface area contributed by atoms with Gasteiger partial charge in [0.25, 0.3) is 0 Å². The van der Waals surface area contributed by atoms with E-state index in [0.717, 1.165) is 0 Å². The third-order valence-electron chi connectivity index (χ3n) is 3.24. The summed E-state index contributed by atoms with van der Waals surface area (Å²) in [6.45, 7) is 3.46. The smallest absolute Gasteiger partial charge is 0.405 e. The third-order valence-corrected chi connectivity index (χ3v) is 3.49. The van der Waals surface area contributed by atoms with E-state index in [0.29, 0.717) is 10.6 Å². The molecule has 7 nitrogen and oxygen atoms in total. The van der Waals surface area contributed by atoms with E-state index >= 15 is 0 Å². The molecule has 1 aromatic carbocycles. The van der Waals surface area contributed by atoms with Gasteiger partial charge in [0.15, 0.2) is 6.10 Å². The van der Waals surface area contributed by atoms with E-state index in [2.05, 4.69) is 0 Å². The van der Waals surface area contributed by atoms with Crippen molar-refractivity contribution in [1.29, 1.82) is 0 Å². The highest BCUT2D eigenvalue weighted by atomic mass is 35.5. The average Bonchev–Trinajstić information content (AvgIpc) is 2.86. The largest absolute Gasteiger partial charge is 0.465 e. The molecule has 0 saturated carbocycles. The topological polar surface area (TPSA) is 87.9 Å². The molecular weight excluding hydrogens is 326 g/mol. The molecule has 0 aromatic heterocycles. The van der Waals surface area contributed by atoms with E-state index in [-0.39, 0.29) is 23.8 Å². The molecule has 0 fully saturated rings. The summed E-state index contributed by atoms with van der Waals surface area (Å²) in [5.41, 5.74) is 0.223. The van der Waals surface area contributed by atoms with Crippen molar-refractivity contribution in [3.05, 3.63) is 40.1 Å². The van der Waals surface area contributed by atoms with Crippen molar-refractivity contribution in [3.63, 3.8) is 0 Å². The Kier molecular flexibility index (Phi) is 5.44. The van der Waals surface area contributed by atoms with Crippen molar-refractivity contribution in [3.8, 4) is 0 Å². The van der Waals surface area contributed by atoms with Gasteiger partial charge >= 0.3 is 17.7 Å². The van der Waals surface area contributed by atoms with E-state index in [4.69, 9.17) is 25.9 Å². The molecule has 2 rings (SSSR count). The molecule has 0 spiro atoms. The number of ether oxygens (including phenoxy) is 2. The molecule has 0 radical (unpaired) electrons. The van der Waals surface area contributed by atoms with Gasteiger partial charge in [0.2, 0.25) is 0 Å². The predicted octanol–water partition coefficient (Wildman–Crippen LogP) is 1.81. The van der Waals surface area contributed by atoms with Crippen LogP contribution in [0.15, 0.2) is 24.3 Å². The van der Waals surface area contributed by atoms with Crippen molar-refractivity contribution in [2.45, 2.75) is 25.9 Å². The summed E-state index contributed by atoms with van der Waals surface area (Å²) in [7, 11) is 0. The maximum Gasteiger partial charge on any atom is 0.405 e. The fourth-order valence-electron chi connectivity index (χ4n) is 2.29. The van der Waals surface area contributed by atoms with E-state index in [1.54, 1.807) is 38.1 Å². The van der Waals surface area contributed by atoms with Crippen LogP contribution in [-0.4, -0.2) is 41.9 Å². The molecule has 1 aromatic rings. The summed E-state index contributed by atoms with van der Waals surface area (Å²) >= 11 is 5.85. The molecule has 1 heterocycles. The Bertz CT molecular complexity index is 627. The average molecular weight is 342 g/mol. The minimum Gasteiger partial charge on any atom is -0.465 e. The van der Waals surface area contributed by atoms with Crippen LogP contribution in [0.5, 0.6) is 0 Å². The van der Waals surface area contributed by atoms with Crippen molar-refractivity contribution in [2.75, 3.05) is 13.2 Å². The highest BCUT2D eigenvalue weighted by Crippen LogP contribution is 2.31. The lowest BCUT2D eigenvalue weighted by Gasteiger charge is -2.17. The molecule has 0 amide bonds. The first-order chi connectivity index (χ1) is 11.0. The Hall–Kier alpha value is -2.28. The van der Waals surface area contributed by atoms with E-state index in [1.807, 2.05) is 0 Å². The van der Waals surface area contributed by atoms with Gasteiger partial charge in [0.1, 0.15) is 5.92 Å². The fraction of sp³-hybridized carbons (Fsp3) is 0.400. The number of nitrogens with zero attached hydrogens (tertiary/aromatic N) is 1. The molecule has 8 heteroatoms. The SMILES string of the molecule is CCOC(=O)C1=[N+]([O-])OC(C(=O)OCC)C1c1ccc(Cl)cc1. The second-order valence-corrected chi connectivity index (χ2v) is 5.11. The summed E-state index contributed by atoms with van der Waals surface area (Å²) in [5, 5.41) is 12.5. The standard InChI is InChI=1S/C15H16ClNO6/c1-3-21-14(18)12-11(9-5-7-10(16)8-6-9)13(23-17(12)20)15(19)22-4-2/h5-8,11,13H,3-4H2,1-2H3. The Morgan fingerprint density at radius 3 is 2.39 bits per heavy atom. The van der Waals surface area contributed by atoms with Crippen LogP contribution in [0.1, 0.15) is 25.3 Å². The van der Waals surface area contributed by atoms with Crippen LogP contribution in [0.4, 0.5) is 0 Å². The molecular formula is C15H16ClNO6. The van der Waals surface area contributed by atoms with Crippen LogP contribution in [0.2, 0.25) is 5.02 Å². The van der Waals surface area contributed by atoms with Gasteiger partial charge in [-0.15, -0.1) is 0 Å². The van der Waals surface area contributed by atoms with Crippen molar-refractivity contribution in [2.24, 2.45) is 0 Å². The zero-order valence-electron chi connectivity index (χ0n) is 12.7. The van der Waals surface area contributed by atoms with Crippen LogP contribution >= 0.6 is 11.6 Å². The zero-order chi connectivity index (χ0) is 17.0. The minimum absolute atomic E-state index is 0.0266. The first-order valence-electron chi connectivity index (χ1n) is 7.09. The van der Waals surface area contributed by atoms with Gasteiger partial charge in [-0.1, -0.05) is 23.7 Å². The second-order valence-electron chi connectivity index (χ2n) is 4.67. The molecule has 0 saturated heterocycles. The Labute approximate surface area is 137 Å². The van der Waals surface area contributed by atoms with Gasteiger partial charge in [-0.25, -0.2) is 4.79 Å². The van der Waals surface area contributed by atoms with Crippen LogP contribution in [0.25, 0.3) is 0 Å². The summed E-state index contributed by atoms with van der Waals surface area (Å²) < 4.78 is 9.80. The zero-order valence-corrected chi connectivity index (χ0v) is 13.4. The molecule has 2 atom stereocenters. The molecule has 2 unspecified atom stereocenters. The fourth-order valence-corrected chi connectivity index (χ4v) is 2.42. The molecule has 1 aliphatic rings. The number of esters is 2. The van der Waals surface area contributed by atoms with Crippen LogP contribution in [0.3, 0.4) is 0 Å². The molecule has 23 heavy (non-hydrogen) atoms. The number of halogens is 1. The Morgan fingerprint density at radius 1 is 1.22 bits per heavy atom. The van der Waals surface area contributed by atoms with Crippen LogP contribution < -0.4 is 0 Å². The molecule has 0 N–H and O–H groups in total. The molecule has 0 bridgehead atoms. The Balaban J connectivity index is 2.43. The monoisotopic (exact) mass is 341 g/mol. The number of carbonyl (C=O) groups is 2. The van der Waals surface area contributed by atoms with Gasteiger partial charge in [0.05, 0.1) is 18.1 Å². The molecule has 0 aliphatic carbocycles. The van der Waals surface area contributed by atoms with Gasteiger partial charge < -0.3 is 14.3 Å². The molecule has 124 valence electrons. The van der Waals surface area contributed by atoms with Crippen LogP contribution in [-0.2, 0) is 23.9 Å². The number of carbonyl (C=O) groups excluding carboxylic acids is 2. The van der Waals surface area contributed by atoms with E-state index in [9.17, 15) is 14.8 Å². The molecule has 1 aliphatic heterocycles. The maximum absolute atomic E-state index is 12.1. The van der Waals surface area contributed by atoms with Crippen molar-refractivity contribution in [1.82, 2.24) is 0 Å². The normalized spacial score (nSPS) is 20.1. The summed E-state index contributed by atoms with van der Waals surface area (Å²) in [6.07, 6.45) is -1.26. The third kappa shape index (κ3) is 3.56. The van der Waals surface area contributed by atoms with Crippen molar-refractivity contribution < 1.29 is 28.8 Å². The van der Waals surface area contributed by atoms with Crippen LogP contribution in [0, 0.1) is 5.21 Å². The second kappa shape index (κ2) is 7.32. The number of benzene rings is 1. The Morgan fingerprint density at radius 2 is 1.83 bits per heavy atom. The summed E-state index contributed by atoms with van der Waals surface area (Å²) in [6, 6.07) is 6.41. The summed E-state index contributed by atoms with van der Waals surface area (Å²) in [5.74, 6) is -2.50. The number of hydrogen-bond donors (Lipinski definition) is 0. The summed E-state index contributed by atoms with van der Waals surface area (Å²) in [4.78, 5) is 29.1. The van der Waals surface area contributed by atoms with Gasteiger partial charge in [-0.3, -0.25) is 10.0 Å².